The van der Waals surface area contributed by atoms with Gasteiger partial charge in [-0.25, -0.2) is 4.98 Å². The quantitative estimate of drug-likeness (QED) is 0.418. The second-order valence-electron chi connectivity index (χ2n) is 8.17. The Labute approximate surface area is 189 Å². The summed E-state index contributed by atoms with van der Waals surface area (Å²) >= 11 is 0. The van der Waals surface area contributed by atoms with E-state index in [9.17, 15) is 5.11 Å². The van der Waals surface area contributed by atoms with Gasteiger partial charge in [-0.1, -0.05) is 26.1 Å². The van der Waals surface area contributed by atoms with E-state index in [1.807, 2.05) is 35.0 Å². The molecule has 1 aliphatic heterocycles. The van der Waals surface area contributed by atoms with E-state index in [4.69, 9.17) is 4.98 Å². The van der Waals surface area contributed by atoms with Crippen LogP contribution in [0.4, 0.5) is 23.0 Å². The van der Waals surface area contributed by atoms with Crippen molar-refractivity contribution in [3.8, 4) is 0 Å². The number of hydrogen-bond donors (Lipinski definition) is 3. The number of nitrogens with zero attached hydrogens (tertiary/aromatic N) is 4. The summed E-state index contributed by atoms with van der Waals surface area (Å²) in [5.74, 6) is 1.79. The molecule has 3 N–H and O–H groups in total. The summed E-state index contributed by atoms with van der Waals surface area (Å²) < 4.78 is 1.87. The molecule has 7 nitrogen and oxygen atoms in total. The fourth-order valence-electron chi connectivity index (χ4n) is 4.29. The third-order valence-electron chi connectivity index (χ3n) is 5.98. The Kier molecular flexibility index (Phi) is 6.75. The predicted octanol–water partition coefficient (Wildman–Crippen LogP) is 4.89. The van der Waals surface area contributed by atoms with Crippen LogP contribution in [0.25, 0.3) is 5.65 Å². The van der Waals surface area contributed by atoms with Crippen LogP contribution in [0.5, 0.6) is 0 Å². The zero-order valence-corrected chi connectivity index (χ0v) is 18.7. The first-order valence-corrected chi connectivity index (χ1v) is 11.3. The fraction of sp³-hybridized carbons (Fsp3) is 0.360. The van der Waals surface area contributed by atoms with E-state index in [0.717, 1.165) is 72.1 Å². The van der Waals surface area contributed by atoms with Crippen molar-refractivity contribution in [2.24, 2.45) is 0 Å². The molecule has 3 aromatic rings. The minimum atomic E-state index is 0.192. The van der Waals surface area contributed by atoms with Crippen molar-refractivity contribution in [3.63, 3.8) is 0 Å². The minimum Gasteiger partial charge on any atom is -0.396 e. The first-order valence-electron chi connectivity index (χ1n) is 11.3. The van der Waals surface area contributed by atoms with Crippen molar-refractivity contribution in [1.29, 1.82) is 0 Å². The molecule has 0 unspecified atom stereocenters. The number of rotatable bonds is 9. The minimum absolute atomic E-state index is 0.192. The van der Waals surface area contributed by atoms with E-state index in [1.165, 1.54) is 6.42 Å². The number of benzene rings is 1. The van der Waals surface area contributed by atoms with Crippen LogP contribution in [0.2, 0.25) is 0 Å². The van der Waals surface area contributed by atoms with Gasteiger partial charge in [0.25, 0.3) is 0 Å². The van der Waals surface area contributed by atoms with Gasteiger partial charge in [0.15, 0.2) is 5.65 Å². The Morgan fingerprint density at radius 3 is 2.91 bits per heavy atom. The molecule has 0 bridgehead atoms. The summed E-state index contributed by atoms with van der Waals surface area (Å²) in [6, 6.07) is 10.4. The highest BCUT2D eigenvalue weighted by Gasteiger charge is 2.25. The maximum absolute atomic E-state index is 9.57. The molecule has 3 heterocycles. The van der Waals surface area contributed by atoms with Crippen LogP contribution < -0.4 is 15.5 Å². The van der Waals surface area contributed by atoms with Gasteiger partial charge < -0.3 is 20.6 Å². The number of aliphatic hydroxyl groups excluding tert-OH is 1. The summed E-state index contributed by atoms with van der Waals surface area (Å²) in [5.41, 5.74) is 4.59. The van der Waals surface area contributed by atoms with E-state index in [0.29, 0.717) is 6.04 Å². The van der Waals surface area contributed by atoms with Crippen molar-refractivity contribution in [2.75, 3.05) is 28.7 Å². The molecular weight excluding hydrogens is 400 g/mol. The molecule has 0 radical (unpaired) electrons. The van der Waals surface area contributed by atoms with Crippen molar-refractivity contribution in [3.05, 3.63) is 67.0 Å². The maximum atomic E-state index is 9.57. The molecule has 1 atom stereocenters. The van der Waals surface area contributed by atoms with Gasteiger partial charge in [0.1, 0.15) is 11.6 Å². The number of piperidine rings is 1. The van der Waals surface area contributed by atoms with Gasteiger partial charge in [-0.15, -0.1) is 0 Å². The number of hydrogen-bond acceptors (Lipinski definition) is 6. The van der Waals surface area contributed by atoms with Gasteiger partial charge in [-0.2, -0.15) is 9.61 Å². The van der Waals surface area contributed by atoms with E-state index in [-0.39, 0.29) is 6.61 Å². The molecule has 0 amide bonds. The molecule has 1 aliphatic rings. The number of anilines is 4. The topological polar surface area (TPSA) is 77.7 Å². The number of nitrogens with one attached hydrogen (secondary N) is 2. The van der Waals surface area contributed by atoms with Gasteiger partial charge in [-0.05, 0) is 56.4 Å². The highest BCUT2D eigenvalue weighted by molar-refractivity contribution is 5.69. The van der Waals surface area contributed by atoms with Gasteiger partial charge in [0.05, 0.1) is 6.20 Å². The Balaban J connectivity index is 1.72. The SMILES string of the molecule is C=CC(=C)Nc1cccc(Nc2cc(N3CCCC[C@@H]3CCO)nc3c(CC)cnn23)c1. The second-order valence-corrected chi connectivity index (χ2v) is 8.17. The van der Waals surface area contributed by atoms with Crippen LogP contribution in [0.1, 0.15) is 38.2 Å². The number of allylic oxidation sites excluding steroid dienone is 1. The zero-order chi connectivity index (χ0) is 22.5. The highest BCUT2D eigenvalue weighted by atomic mass is 16.3. The Hall–Kier alpha value is -3.32. The highest BCUT2D eigenvalue weighted by Crippen LogP contribution is 2.30. The van der Waals surface area contributed by atoms with Gasteiger partial charge in [0, 0.05) is 47.9 Å². The predicted molar refractivity (Wildman–Crippen MR) is 132 cm³/mol. The summed E-state index contributed by atoms with van der Waals surface area (Å²) in [7, 11) is 0. The molecule has 32 heavy (non-hydrogen) atoms. The summed E-state index contributed by atoms with van der Waals surface area (Å²) in [6.07, 6.45) is 8.62. The van der Waals surface area contributed by atoms with Crippen molar-refractivity contribution < 1.29 is 5.11 Å². The Bertz CT molecular complexity index is 1100. The zero-order valence-electron chi connectivity index (χ0n) is 18.7. The number of aliphatic hydroxyl groups is 1. The molecule has 4 rings (SSSR count). The maximum Gasteiger partial charge on any atom is 0.162 e. The fourth-order valence-corrected chi connectivity index (χ4v) is 4.29. The van der Waals surface area contributed by atoms with Crippen LogP contribution in [0.3, 0.4) is 0 Å². The van der Waals surface area contributed by atoms with E-state index in [1.54, 1.807) is 6.08 Å². The lowest BCUT2D eigenvalue weighted by molar-refractivity contribution is 0.262. The molecular formula is C25H32N6O. The average Bonchev–Trinajstić information content (AvgIpc) is 3.23. The van der Waals surface area contributed by atoms with E-state index < -0.39 is 0 Å². The smallest absolute Gasteiger partial charge is 0.162 e. The largest absolute Gasteiger partial charge is 0.396 e. The van der Waals surface area contributed by atoms with Crippen molar-refractivity contribution >= 4 is 28.7 Å². The molecule has 1 aromatic carbocycles. The van der Waals surface area contributed by atoms with Crippen LogP contribution in [0, 0.1) is 0 Å². The van der Waals surface area contributed by atoms with Gasteiger partial charge in [-0.3, -0.25) is 0 Å². The number of fused-ring (bicyclic) bond motifs is 1. The third kappa shape index (κ3) is 4.62. The average molecular weight is 433 g/mol. The van der Waals surface area contributed by atoms with Crippen molar-refractivity contribution in [1.82, 2.24) is 14.6 Å². The van der Waals surface area contributed by atoms with Crippen LogP contribution in [-0.2, 0) is 6.42 Å². The molecule has 2 aromatic heterocycles. The van der Waals surface area contributed by atoms with Gasteiger partial charge >= 0.3 is 0 Å². The normalized spacial score (nSPS) is 16.2. The monoisotopic (exact) mass is 432 g/mol. The Morgan fingerprint density at radius 2 is 2.12 bits per heavy atom. The lowest BCUT2D eigenvalue weighted by Crippen LogP contribution is -2.40. The first kappa shape index (κ1) is 21.9. The van der Waals surface area contributed by atoms with Crippen LogP contribution >= 0.6 is 0 Å². The first-order chi connectivity index (χ1) is 15.6. The Morgan fingerprint density at radius 1 is 1.28 bits per heavy atom. The molecule has 168 valence electrons. The molecule has 7 heteroatoms. The lowest BCUT2D eigenvalue weighted by atomic mass is 9.99. The van der Waals surface area contributed by atoms with E-state index in [2.05, 4.69) is 46.8 Å². The summed E-state index contributed by atoms with van der Waals surface area (Å²) in [6.45, 7) is 10.9. The van der Waals surface area contributed by atoms with Gasteiger partial charge in [0.2, 0.25) is 0 Å². The lowest BCUT2D eigenvalue weighted by Gasteiger charge is -2.36. The van der Waals surface area contributed by atoms with Crippen molar-refractivity contribution in [2.45, 2.75) is 45.1 Å². The molecule has 0 saturated carbocycles. The van der Waals surface area contributed by atoms with Crippen LogP contribution in [-0.4, -0.2) is 38.9 Å². The molecule has 1 fully saturated rings. The second kappa shape index (κ2) is 9.87. The number of aromatic nitrogens is 3. The van der Waals surface area contributed by atoms with E-state index >= 15 is 0 Å². The molecule has 1 saturated heterocycles. The molecule has 0 aliphatic carbocycles. The molecule has 0 spiro atoms. The third-order valence-corrected chi connectivity index (χ3v) is 5.98. The number of aryl methyl sites for hydroxylation is 1. The summed E-state index contributed by atoms with van der Waals surface area (Å²) in [4.78, 5) is 7.35. The summed E-state index contributed by atoms with van der Waals surface area (Å²) in [5, 5.41) is 20.9. The van der Waals surface area contributed by atoms with Crippen LogP contribution in [0.15, 0.2) is 61.5 Å². The standard InChI is InChI=1S/C25H32N6O/c1-4-18(3)27-20-9-8-10-21(15-20)28-24-16-23(29-25-19(5-2)17-26-31(24)25)30-13-7-6-11-22(30)12-14-32/h4,8-10,15-17,22,27-28,32H,1,3,5-7,11-14H2,2H3/t22-/m1/s1.